The van der Waals surface area contributed by atoms with Gasteiger partial charge in [0, 0.05) is 38.1 Å². The number of hydrogen-bond acceptors (Lipinski definition) is 9. The Morgan fingerprint density at radius 2 is 1.68 bits per heavy atom. The molecule has 2 amide bonds. The van der Waals surface area contributed by atoms with Crippen LogP contribution in [0.5, 0.6) is 11.5 Å². The van der Waals surface area contributed by atoms with E-state index in [0.29, 0.717) is 54.3 Å². The standard InChI is InChI=1S/C45H51N5O7/c1-49(22-6-21-46-27-39(52)36-15-17-38(51)44-37(36)16-18-41(53)47-44)42(54)25-30-11-13-31(14-12-30)29-56-35-10-5-9-34(26-35)43(33-7-3-2-4-8-33)48-45(55)57-40-28-50-23-19-32(40)20-24-50/h2-5,7-18,26,32,39-40,43,46,51-52H,6,19-25,27-29H2,1H3,(H,47,53)(H,48,55)/t39-,40+,43?/m1/s1. The highest BCUT2D eigenvalue weighted by Crippen LogP contribution is 2.31. The number of amides is 2. The van der Waals surface area contributed by atoms with Gasteiger partial charge in [0.1, 0.15) is 24.2 Å². The molecule has 298 valence electrons. The monoisotopic (exact) mass is 773 g/mol. The fourth-order valence-corrected chi connectivity index (χ4v) is 7.82. The van der Waals surface area contributed by atoms with E-state index < -0.39 is 18.2 Å². The summed E-state index contributed by atoms with van der Waals surface area (Å²) in [5.74, 6) is 1.06. The molecule has 5 aromatic rings. The van der Waals surface area contributed by atoms with E-state index in [4.69, 9.17) is 9.47 Å². The molecule has 12 heteroatoms. The number of benzene rings is 4. The molecule has 57 heavy (non-hydrogen) atoms. The molecule has 2 bridgehead atoms. The van der Waals surface area contributed by atoms with E-state index >= 15 is 0 Å². The van der Waals surface area contributed by atoms with Gasteiger partial charge in [0.15, 0.2) is 0 Å². The Hall–Kier alpha value is -5.69. The molecule has 8 rings (SSSR count). The van der Waals surface area contributed by atoms with Crippen LogP contribution < -0.4 is 20.9 Å². The minimum atomic E-state index is -0.844. The predicted octanol–water partition coefficient (Wildman–Crippen LogP) is 5.44. The first-order chi connectivity index (χ1) is 27.7. The first-order valence-electron chi connectivity index (χ1n) is 19.7. The molecule has 5 N–H and O–H groups in total. The van der Waals surface area contributed by atoms with Gasteiger partial charge in [-0.15, -0.1) is 0 Å². The second kappa shape index (κ2) is 18.5. The van der Waals surface area contributed by atoms with Crippen LogP contribution in [0.15, 0.2) is 108 Å². The Balaban J connectivity index is 0.858. The van der Waals surface area contributed by atoms with E-state index in [1.54, 1.807) is 24.1 Å². The number of nitrogens with zero attached hydrogens (tertiary/aromatic N) is 2. The number of piperidine rings is 3. The first-order valence-corrected chi connectivity index (χ1v) is 19.7. The summed E-state index contributed by atoms with van der Waals surface area (Å²) in [4.78, 5) is 44.6. The van der Waals surface area contributed by atoms with E-state index in [-0.39, 0.29) is 36.3 Å². The number of carbonyl (C=O) groups is 2. The summed E-state index contributed by atoms with van der Waals surface area (Å²) >= 11 is 0. The third-order valence-electron chi connectivity index (χ3n) is 11.1. The number of H-pyrrole nitrogens is 1. The third-order valence-corrected chi connectivity index (χ3v) is 11.1. The number of aromatic amines is 1. The summed E-state index contributed by atoms with van der Waals surface area (Å²) in [6.45, 7) is 4.73. The average Bonchev–Trinajstić information content (AvgIpc) is 3.23. The molecule has 0 aliphatic carbocycles. The predicted molar refractivity (Wildman–Crippen MR) is 218 cm³/mol. The van der Waals surface area contributed by atoms with Gasteiger partial charge in [-0.25, -0.2) is 4.79 Å². The maximum atomic E-state index is 13.2. The second-order valence-corrected chi connectivity index (χ2v) is 15.1. The van der Waals surface area contributed by atoms with Crippen LogP contribution in [0.3, 0.4) is 0 Å². The Labute approximate surface area is 332 Å². The average molecular weight is 774 g/mol. The number of rotatable bonds is 16. The fraction of sp³-hybridized carbons (Fsp3) is 0.356. The number of nitrogens with one attached hydrogen (secondary N) is 3. The van der Waals surface area contributed by atoms with Crippen LogP contribution in [0.25, 0.3) is 10.9 Å². The van der Waals surface area contributed by atoms with Crippen LogP contribution in [-0.4, -0.2) is 89.4 Å². The number of ether oxygens (including phenoxy) is 2. The maximum absolute atomic E-state index is 13.2. The van der Waals surface area contributed by atoms with Gasteiger partial charge in [-0.05, 0) is 96.9 Å². The van der Waals surface area contributed by atoms with Crippen molar-refractivity contribution in [2.24, 2.45) is 5.92 Å². The number of phenolic OH excluding ortho intramolecular Hbond substituents is 1. The van der Waals surface area contributed by atoms with E-state index in [1.165, 1.54) is 12.1 Å². The summed E-state index contributed by atoms with van der Waals surface area (Å²) in [6, 6.07) is 31.1. The van der Waals surface area contributed by atoms with Crippen molar-refractivity contribution in [2.45, 2.75) is 50.5 Å². The summed E-state index contributed by atoms with van der Waals surface area (Å²) in [6.07, 6.45) is 1.78. The van der Waals surface area contributed by atoms with Crippen molar-refractivity contribution in [1.29, 1.82) is 0 Å². The minimum absolute atomic E-state index is 0.00891. The van der Waals surface area contributed by atoms with Crippen molar-refractivity contribution >= 4 is 22.9 Å². The van der Waals surface area contributed by atoms with E-state index in [9.17, 15) is 24.6 Å². The molecule has 0 spiro atoms. The molecular weight excluding hydrogens is 723 g/mol. The highest BCUT2D eigenvalue weighted by Gasteiger charge is 2.37. The SMILES string of the molecule is CN(CCCNC[C@@H](O)c1ccc(O)c2[nH]c(=O)ccc12)C(=O)Cc1ccc(COc2cccc(C(NC(=O)O[C@H]3CN4CCC3CC4)c3ccccc3)c2)cc1. The molecular formula is C45H51N5O7. The molecule has 0 saturated carbocycles. The van der Waals surface area contributed by atoms with Gasteiger partial charge in [-0.1, -0.05) is 72.8 Å². The zero-order valence-electron chi connectivity index (χ0n) is 32.2. The lowest BCUT2D eigenvalue weighted by Crippen LogP contribution is -2.52. The van der Waals surface area contributed by atoms with Crippen LogP contribution in [0.1, 0.15) is 59.2 Å². The normalized spacial score (nSPS) is 18.5. The molecule has 3 aliphatic heterocycles. The van der Waals surface area contributed by atoms with Crippen LogP contribution in [0.2, 0.25) is 0 Å². The topological polar surface area (TPSA) is 156 Å². The summed E-state index contributed by atoms with van der Waals surface area (Å²) < 4.78 is 12.2. The Kier molecular flexibility index (Phi) is 12.8. The number of phenols is 1. The molecule has 1 aromatic heterocycles. The third kappa shape index (κ3) is 10.2. The van der Waals surface area contributed by atoms with Crippen LogP contribution in [0, 0.1) is 5.92 Å². The quantitative estimate of drug-likeness (QED) is 0.0825. The molecule has 3 aliphatic rings. The number of carbonyl (C=O) groups excluding carboxylic acids is 2. The highest BCUT2D eigenvalue weighted by molar-refractivity contribution is 5.87. The Morgan fingerprint density at radius 3 is 2.44 bits per heavy atom. The van der Waals surface area contributed by atoms with Crippen molar-refractivity contribution in [3.05, 3.63) is 141 Å². The summed E-state index contributed by atoms with van der Waals surface area (Å²) in [5, 5.41) is 27.8. The lowest BCUT2D eigenvalue weighted by atomic mass is 9.86. The number of aromatic hydroxyl groups is 1. The number of alkyl carbamates (subject to hydrolysis) is 1. The van der Waals surface area contributed by atoms with Crippen molar-refractivity contribution in [3.63, 3.8) is 0 Å². The van der Waals surface area contributed by atoms with Crippen LogP contribution in [-0.2, 0) is 22.6 Å². The van der Waals surface area contributed by atoms with Crippen LogP contribution in [0.4, 0.5) is 4.79 Å². The molecule has 3 saturated heterocycles. The number of aliphatic hydroxyl groups is 1. The number of fused-ring (bicyclic) bond motifs is 4. The summed E-state index contributed by atoms with van der Waals surface area (Å²) in [7, 11) is 1.79. The zero-order chi connectivity index (χ0) is 39.7. The number of aromatic nitrogens is 1. The highest BCUT2D eigenvalue weighted by atomic mass is 16.6. The number of likely N-dealkylation sites (N-methyl/N-ethyl adjacent to an activating group) is 1. The second-order valence-electron chi connectivity index (χ2n) is 15.1. The molecule has 12 nitrogen and oxygen atoms in total. The largest absolute Gasteiger partial charge is 0.506 e. The van der Waals surface area contributed by atoms with Gasteiger partial charge in [0.25, 0.3) is 0 Å². The molecule has 3 fully saturated rings. The van der Waals surface area contributed by atoms with Gasteiger partial charge in [-0.2, -0.15) is 0 Å². The van der Waals surface area contributed by atoms with Gasteiger partial charge in [0.05, 0.1) is 24.1 Å². The van der Waals surface area contributed by atoms with Gasteiger partial charge in [0.2, 0.25) is 11.5 Å². The van der Waals surface area contributed by atoms with E-state index in [0.717, 1.165) is 54.7 Å². The van der Waals surface area contributed by atoms with Crippen molar-refractivity contribution in [1.82, 2.24) is 25.4 Å². The van der Waals surface area contributed by atoms with E-state index in [2.05, 4.69) is 20.5 Å². The van der Waals surface area contributed by atoms with E-state index in [1.807, 2.05) is 78.9 Å². The Morgan fingerprint density at radius 1 is 0.930 bits per heavy atom. The number of pyridine rings is 1. The van der Waals surface area contributed by atoms with Gasteiger partial charge >= 0.3 is 6.09 Å². The van der Waals surface area contributed by atoms with Gasteiger partial charge < -0.3 is 40.2 Å². The summed E-state index contributed by atoms with van der Waals surface area (Å²) in [5.41, 5.74) is 4.28. The van der Waals surface area contributed by atoms with Crippen molar-refractivity contribution in [3.8, 4) is 11.5 Å². The van der Waals surface area contributed by atoms with Crippen molar-refractivity contribution < 1.29 is 29.3 Å². The number of hydrogen-bond donors (Lipinski definition) is 5. The first kappa shape index (κ1) is 39.5. The number of aliphatic hydroxyl groups excluding tert-OH is 1. The lowest BCUT2D eigenvalue weighted by Gasteiger charge is -2.43. The van der Waals surface area contributed by atoms with Gasteiger partial charge in [-0.3, -0.25) is 14.5 Å². The van der Waals surface area contributed by atoms with Crippen molar-refractivity contribution in [2.75, 3.05) is 46.3 Å². The molecule has 0 radical (unpaired) electrons. The molecule has 4 aromatic carbocycles. The molecule has 4 heterocycles. The Bertz CT molecular complexity index is 2190. The fourth-order valence-electron chi connectivity index (χ4n) is 7.82. The van der Waals surface area contributed by atoms with Crippen LogP contribution >= 0.6 is 0 Å². The zero-order valence-corrected chi connectivity index (χ0v) is 32.2. The lowest BCUT2D eigenvalue weighted by molar-refractivity contribution is -0.129. The maximum Gasteiger partial charge on any atom is 0.408 e. The minimum Gasteiger partial charge on any atom is -0.506 e. The molecule has 3 atom stereocenters. The molecule has 1 unspecified atom stereocenters. The smallest absolute Gasteiger partial charge is 0.408 e.